The van der Waals surface area contributed by atoms with Crippen molar-refractivity contribution in [2.45, 2.75) is 39.0 Å². The highest BCUT2D eigenvalue weighted by molar-refractivity contribution is 6.29. The molecule has 2 bridgehead atoms. The molecule has 168 valence electrons. The van der Waals surface area contributed by atoms with E-state index in [1.54, 1.807) is 18.3 Å². The van der Waals surface area contributed by atoms with Crippen LogP contribution in [0, 0.1) is 11.7 Å². The third kappa shape index (κ3) is 3.64. The monoisotopic (exact) mass is 464 g/mol. The van der Waals surface area contributed by atoms with Gasteiger partial charge in [-0.3, -0.25) is 9.36 Å². The van der Waals surface area contributed by atoms with Crippen LogP contribution in [0.15, 0.2) is 42.7 Å². The van der Waals surface area contributed by atoms with Crippen LogP contribution in [0.2, 0.25) is 5.15 Å². The molecule has 33 heavy (non-hydrogen) atoms. The van der Waals surface area contributed by atoms with Gasteiger partial charge < -0.3 is 10.5 Å². The first-order valence-electron chi connectivity index (χ1n) is 11.0. The van der Waals surface area contributed by atoms with Crippen molar-refractivity contribution in [3.05, 3.63) is 64.8 Å². The summed E-state index contributed by atoms with van der Waals surface area (Å²) in [6.07, 6.45) is 5.55. The standard InChI is InChI=1S/C24H22ClFN6O/c1-13-19-7-17(26)4-5-18(19)20-8-22(25)30-31(20)12-16-10-29-32(11-14-2-3-14)23(16)15-6-21(33-13)24(27)28-9-15/h4-10,13-14H,2-3,11-12H2,1H3,(H2,27,28)/t13-/m1/s1. The van der Waals surface area contributed by atoms with Crippen LogP contribution < -0.4 is 10.5 Å². The van der Waals surface area contributed by atoms with E-state index in [0.29, 0.717) is 28.9 Å². The number of hydrogen-bond donors (Lipinski definition) is 1. The molecule has 1 aromatic carbocycles. The second-order valence-electron chi connectivity index (χ2n) is 8.75. The van der Waals surface area contributed by atoms with Crippen LogP contribution in [0.3, 0.4) is 0 Å². The lowest BCUT2D eigenvalue weighted by molar-refractivity contribution is 0.227. The summed E-state index contributed by atoms with van der Waals surface area (Å²) in [4.78, 5) is 4.39. The van der Waals surface area contributed by atoms with E-state index in [1.165, 1.54) is 25.0 Å². The number of anilines is 1. The van der Waals surface area contributed by atoms with Crippen molar-refractivity contribution in [2.24, 2.45) is 5.92 Å². The van der Waals surface area contributed by atoms with Crippen LogP contribution in [0.1, 0.15) is 37.0 Å². The molecule has 1 atom stereocenters. The van der Waals surface area contributed by atoms with E-state index >= 15 is 0 Å². The first kappa shape index (κ1) is 20.2. The summed E-state index contributed by atoms with van der Waals surface area (Å²) in [5.41, 5.74) is 11.2. The first-order chi connectivity index (χ1) is 16.0. The molecular formula is C24H22ClFN6O. The van der Waals surface area contributed by atoms with E-state index in [-0.39, 0.29) is 11.6 Å². The van der Waals surface area contributed by atoms with Gasteiger partial charge in [-0.25, -0.2) is 9.37 Å². The van der Waals surface area contributed by atoms with E-state index in [4.69, 9.17) is 22.1 Å². The SMILES string of the molecule is C[C@H]1Oc2cc(cnc2N)-c2c(cnn2CC2CC2)Cn2nc(Cl)cc2-c2ccc(F)cc21. The van der Waals surface area contributed by atoms with E-state index in [9.17, 15) is 4.39 Å². The number of pyridine rings is 1. The minimum atomic E-state index is -0.493. The van der Waals surface area contributed by atoms with E-state index < -0.39 is 6.10 Å². The summed E-state index contributed by atoms with van der Waals surface area (Å²) < 4.78 is 24.4. The number of aromatic nitrogens is 5. The lowest BCUT2D eigenvalue weighted by Crippen LogP contribution is -2.12. The Morgan fingerprint density at radius 3 is 2.88 bits per heavy atom. The van der Waals surface area contributed by atoms with Gasteiger partial charge in [-0.1, -0.05) is 11.6 Å². The minimum Gasteiger partial charge on any atom is -0.482 e. The Morgan fingerprint density at radius 2 is 2.06 bits per heavy atom. The van der Waals surface area contributed by atoms with Gasteiger partial charge in [0.1, 0.15) is 11.9 Å². The van der Waals surface area contributed by atoms with Crippen LogP contribution in [0.25, 0.3) is 22.5 Å². The number of nitrogen functional groups attached to an aromatic ring is 1. The predicted octanol–water partition coefficient (Wildman–Crippen LogP) is 5.10. The number of hydrogen-bond acceptors (Lipinski definition) is 5. The third-order valence-electron chi connectivity index (χ3n) is 6.30. The molecule has 0 saturated heterocycles. The Kier molecular flexibility index (Phi) is 4.65. The van der Waals surface area contributed by atoms with Crippen LogP contribution in [-0.2, 0) is 13.1 Å². The Morgan fingerprint density at radius 1 is 1.21 bits per heavy atom. The van der Waals surface area contributed by atoms with Crippen molar-refractivity contribution in [2.75, 3.05) is 5.73 Å². The number of rotatable bonds is 2. The largest absolute Gasteiger partial charge is 0.482 e. The normalized spacial score (nSPS) is 17.2. The van der Waals surface area contributed by atoms with E-state index in [1.807, 2.05) is 28.6 Å². The fourth-order valence-corrected chi connectivity index (χ4v) is 4.67. The number of halogens is 2. The van der Waals surface area contributed by atoms with Crippen molar-refractivity contribution in [3.63, 3.8) is 0 Å². The van der Waals surface area contributed by atoms with Crippen molar-refractivity contribution >= 4 is 17.4 Å². The minimum absolute atomic E-state index is 0.281. The molecule has 4 heterocycles. The Hall–Kier alpha value is -3.39. The number of ether oxygens (including phenoxy) is 1. The summed E-state index contributed by atoms with van der Waals surface area (Å²) >= 11 is 6.34. The average molecular weight is 465 g/mol. The molecule has 0 unspecified atom stereocenters. The van der Waals surface area contributed by atoms with Crippen LogP contribution in [0.4, 0.5) is 10.2 Å². The molecule has 4 aromatic rings. The maximum absolute atomic E-state index is 14.3. The maximum atomic E-state index is 14.3. The van der Waals surface area contributed by atoms with Crippen LogP contribution in [0.5, 0.6) is 5.75 Å². The highest BCUT2D eigenvalue weighted by atomic mass is 35.5. The molecule has 0 radical (unpaired) electrons. The molecule has 0 amide bonds. The molecule has 6 rings (SSSR count). The van der Waals surface area contributed by atoms with Crippen molar-refractivity contribution in [1.29, 1.82) is 0 Å². The summed E-state index contributed by atoms with van der Waals surface area (Å²) in [5.74, 6) is 1.03. The highest BCUT2D eigenvalue weighted by Gasteiger charge is 2.27. The molecular weight excluding hydrogens is 443 g/mol. The molecule has 1 fully saturated rings. The average Bonchev–Trinajstić information content (AvgIpc) is 3.41. The van der Waals surface area contributed by atoms with Crippen molar-refractivity contribution in [3.8, 4) is 28.3 Å². The van der Waals surface area contributed by atoms with Gasteiger partial charge in [0.05, 0.1) is 24.1 Å². The van der Waals surface area contributed by atoms with Gasteiger partial charge in [-0.05, 0) is 49.9 Å². The van der Waals surface area contributed by atoms with Crippen molar-refractivity contribution in [1.82, 2.24) is 24.5 Å². The fourth-order valence-electron chi connectivity index (χ4n) is 4.48. The molecule has 1 saturated carbocycles. The zero-order valence-electron chi connectivity index (χ0n) is 18.0. The smallest absolute Gasteiger partial charge is 0.166 e. The zero-order valence-corrected chi connectivity index (χ0v) is 18.8. The van der Waals surface area contributed by atoms with Gasteiger partial charge in [0.25, 0.3) is 0 Å². The lowest BCUT2D eigenvalue weighted by Gasteiger charge is -2.21. The van der Waals surface area contributed by atoms with Crippen LogP contribution >= 0.6 is 11.6 Å². The van der Waals surface area contributed by atoms with Gasteiger partial charge >= 0.3 is 0 Å². The Bertz CT molecular complexity index is 1380. The third-order valence-corrected chi connectivity index (χ3v) is 6.48. The second-order valence-corrected chi connectivity index (χ2v) is 9.14. The summed E-state index contributed by atoms with van der Waals surface area (Å²) in [6, 6.07) is 8.32. The van der Waals surface area contributed by atoms with E-state index in [0.717, 1.165) is 34.6 Å². The van der Waals surface area contributed by atoms with Gasteiger partial charge in [-0.2, -0.15) is 10.2 Å². The molecule has 9 heteroatoms. The molecule has 1 aliphatic heterocycles. The summed E-state index contributed by atoms with van der Waals surface area (Å²) in [5, 5.41) is 9.58. The number of nitrogens with two attached hydrogens (primary N) is 1. The number of nitrogens with zero attached hydrogens (tertiary/aromatic N) is 5. The Balaban J connectivity index is 1.60. The van der Waals surface area contributed by atoms with Gasteiger partial charge in [0.15, 0.2) is 16.7 Å². The lowest BCUT2D eigenvalue weighted by atomic mass is 9.99. The number of benzene rings is 1. The predicted molar refractivity (Wildman–Crippen MR) is 123 cm³/mol. The zero-order chi connectivity index (χ0) is 22.7. The van der Waals surface area contributed by atoms with Gasteiger partial charge in [0, 0.05) is 41.1 Å². The molecule has 3 aromatic heterocycles. The topological polar surface area (TPSA) is 83.8 Å². The molecule has 1 aliphatic carbocycles. The van der Waals surface area contributed by atoms with Gasteiger partial charge in [-0.15, -0.1) is 0 Å². The molecule has 7 nitrogen and oxygen atoms in total. The Labute approximate surface area is 195 Å². The number of fused-ring (bicyclic) bond motifs is 7. The second kappa shape index (κ2) is 7.59. The molecule has 2 aliphatic rings. The highest BCUT2D eigenvalue weighted by Crippen LogP contribution is 2.39. The summed E-state index contributed by atoms with van der Waals surface area (Å²) in [7, 11) is 0. The van der Waals surface area contributed by atoms with Gasteiger partial charge in [0.2, 0.25) is 0 Å². The maximum Gasteiger partial charge on any atom is 0.166 e. The summed E-state index contributed by atoms with van der Waals surface area (Å²) in [6.45, 7) is 3.16. The van der Waals surface area contributed by atoms with Crippen molar-refractivity contribution < 1.29 is 9.13 Å². The molecule has 2 N–H and O–H groups in total. The first-order valence-corrected chi connectivity index (χ1v) is 11.3. The van der Waals surface area contributed by atoms with E-state index in [2.05, 4.69) is 15.2 Å². The van der Waals surface area contributed by atoms with Crippen LogP contribution in [-0.4, -0.2) is 24.5 Å². The molecule has 0 spiro atoms. The quantitative estimate of drug-likeness (QED) is 0.446. The fraction of sp³-hybridized carbons (Fsp3) is 0.292.